The van der Waals surface area contributed by atoms with Crippen molar-refractivity contribution in [3.8, 4) is 0 Å². The third-order valence-corrected chi connectivity index (χ3v) is 7.20. The predicted octanol–water partition coefficient (Wildman–Crippen LogP) is 9.80. The van der Waals surface area contributed by atoms with Crippen LogP contribution in [-0.2, 0) is 17.8 Å². The molecule has 1 aromatic rings. The van der Waals surface area contributed by atoms with E-state index < -0.39 is 11.9 Å². The Morgan fingerprint density at radius 3 is 2.27 bits per heavy atom. The smallest absolute Gasteiger partial charge is 0.310 e. The molecule has 0 heterocycles. The molecule has 0 saturated carbocycles. The van der Waals surface area contributed by atoms with Crippen LogP contribution in [0.2, 0.25) is 0 Å². The van der Waals surface area contributed by atoms with Gasteiger partial charge in [0.2, 0.25) is 0 Å². The van der Waals surface area contributed by atoms with Crippen LogP contribution < -0.4 is 11.1 Å². The van der Waals surface area contributed by atoms with Gasteiger partial charge in [-0.2, -0.15) is 0 Å². The van der Waals surface area contributed by atoms with Crippen LogP contribution in [0, 0.1) is 5.92 Å². The second-order valence-electron chi connectivity index (χ2n) is 11.7. The zero-order valence-corrected chi connectivity index (χ0v) is 32.3. The van der Waals surface area contributed by atoms with Crippen molar-refractivity contribution in [2.75, 3.05) is 20.6 Å². The van der Waals surface area contributed by atoms with Gasteiger partial charge in [0.25, 0.3) is 0 Å². The summed E-state index contributed by atoms with van der Waals surface area (Å²) in [6, 6.07) is 8.73. The fourth-order valence-corrected chi connectivity index (χ4v) is 4.06. The van der Waals surface area contributed by atoms with Gasteiger partial charge in [0, 0.05) is 25.7 Å². The lowest BCUT2D eigenvalue weighted by Gasteiger charge is -2.27. The van der Waals surface area contributed by atoms with Crippen molar-refractivity contribution in [1.82, 2.24) is 10.2 Å². The maximum Gasteiger partial charge on any atom is 0.310 e. The van der Waals surface area contributed by atoms with Gasteiger partial charge >= 0.3 is 5.97 Å². The van der Waals surface area contributed by atoms with Crippen LogP contribution in [0.25, 0.3) is 0 Å². The summed E-state index contributed by atoms with van der Waals surface area (Å²) < 4.78 is 0. The number of aliphatic carboxylic acids is 1. The number of nitrogens with one attached hydrogen (secondary N) is 1. The number of carboxylic acids is 1. The zero-order chi connectivity index (χ0) is 37.5. The molecule has 2 rings (SSSR count). The third-order valence-electron chi connectivity index (χ3n) is 7.20. The predicted molar refractivity (Wildman–Crippen MR) is 217 cm³/mol. The van der Waals surface area contributed by atoms with E-state index in [0.29, 0.717) is 0 Å². The van der Waals surface area contributed by atoms with Crippen LogP contribution in [0.1, 0.15) is 85.8 Å². The average Bonchev–Trinajstić information content (AvgIpc) is 3.30. The van der Waals surface area contributed by atoms with Crippen molar-refractivity contribution in [2.45, 2.75) is 99.8 Å². The van der Waals surface area contributed by atoms with Crippen LogP contribution in [0.15, 0.2) is 125 Å². The number of carbonyl (C=O) groups is 1. The largest absolute Gasteiger partial charge is 0.481 e. The number of aliphatic imine (C=N–C) groups is 1. The lowest BCUT2D eigenvalue weighted by molar-refractivity contribution is -0.139. The lowest BCUT2D eigenvalue weighted by atomic mass is 10.1. The molecule has 0 radical (unpaired) electrons. The number of nitrogens with zero attached hydrogens (tertiary/aromatic N) is 2. The fraction of sp³-hybridized carbons (Fsp3) is 0.442. The maximum absolute atomic E-state index is 10.8. The van der Waals surface area contributed by atoms with Crippen LogP contribution in [0.4, 0.5) is 0 Å². The monoisotopic (exact) mass is 673 g/mol. The average molecular weight is 673 g/mol. The van der Waals surface area contributed by atoms with E-state index in [-0.39, 0.29) is 12.2 Å². The number of allylic oxidation sites excluding steroid dienone is 11. The molecule has 49 heavy (non-hydrogen) atoms. The summed E-state index contributed by atoms with van der Waals surface area (Å²) in [5.41, 5.74) is 12.6. The van der Waals surface area contributed by atoms with E-state index in [0.717, 1.165) is 44.3 Å². The highest BCUT2D eigenvalue weighted by Gasteiger charge is 2.12. The quantitative estimate of drug-likeness (QED) is 0.0704. The third kappa shape index (κ3) is 25.8. The number of carboxylic acid groups (broad SMARTS) is 1. The van der Waals surface area contributed by atoms with Crippen molar-refractivity contribution >= 4 is 12.2 Å². The Morgan fingerprint density at radius 2 is 1.71 bits per heavy atom. The highest BCUT2D eigenvalue weighted by Crippen LogP contribution is 2.13. The molecule has 6 nitrogen and oxygen atoms in total. The summed E-state index contributed by atoms with van der Waals surface area (Å²) in [7, 11) is 3.75. The number of nitrogens with two attached hydrogens (primary N) is 1. The Balaban J connectivity index is 0. The van der Waals surface area contributed by atoms with Gasteiger partial charge in [0.05, 0.1) is 18.1 Å². The van der Waals surface area contributed by atoms with E-state index in [1.807, 2.05) is 72.3 Å². The van der Waals surface area contributed by atoms with E-state index in [9.17, 15) is 4.79 Å². The van der Waals surface area contributed by atoms with Gasteiger partial charge in [-0.1, -0.05) is 148 Å². The van der Waals surface area contributed by atoms with Crippen molar-refractivity contribution in [3.63, 3.8) is 0 Å². The number of benzene rings is 1. The number of rotatable bonds is 16. The molecular formula is C43H68N4O2. The van der Waals surface area contributed by atoms with Gasteiger partial charge in [-0.25, -0.2) is 0 Å². The molecule has 1 aliphatic rings. The first-order valence-corrected chi connectivity index (χ1v) is 17.7. The van der Waals surface area contributed by atoms with Crippen LogP contribution in [0.3, 0.4) is 0 Å². The maximum atomic E-state index is 10.8. The first-order chi connectivity index (χ1) is 23.5. The summed E-state index contributed by atoms with van der Waals surface area (Å²) in [6.45, 7) is 21.4. The molecular weight excluding hydrogens is 604 g/mol. The lowest BCUT2D eigenvalue weighted by Crippen LogP contribution is -2.41. The van der Waals surface area contributed by atoms with Gasteiger partial charge in [-0.3, -0.25) is 14.7 Å². The first-order valence-electron chi connectivity index (χ1n) is 17.7. The zero-order valence-electron chi connectivity index (χ0n) is 32.3. The number of hydrogen-bond acceptors (Lipinski definition) is 5. The Labute approximate surface area is 300 Å². The minimum atomic E-state index is -0.814. The van der Waals surface area contributed by atoms with Crippen molar-refractivity contribution in [1.29, 1.82) is 0 Å². The molecule has 0 aliphatic heterocycles. The molecule has 0 bridgehead atoms. The van der Waals surface area contributed by atoms with Gasteiger partial charge < -0.3 is 16.2 Å². The van der Waals surface area contributed by atoms with Gasteiger partial charge in [0.15, 0.2) is 0 Å². The SMILES string of the molecule is C=C(C)/C(C)=C\C.CC.CCCC(N)N(C/C=C/CC=NC1C=CC=CC(C)=C1)Cc1ccc(C/C=C\C=C/C(C)C(=O)O)cc1.CNC. The van der Waals surface area contributed by atoms with Crippen molar-refractivity contribution in [3.05, 3.63) is 132 Å². The molecule has 0 spiro atoms. The minimum absolute atomic E-state index is 0.0163. The first kappa shape index (κ1) is 47.3. The summed E-state index contributed by atoms with van der Waals surface area (Å²) >= 11 is 0. The Morgan fingerprint density at radius 1 is 1.08 bits per heavy atom. The second-order valence-corrected chi connectivity index (χ2v) is 11.7. The van der Waals surface area contributed by atoms with E-state index in [2.05, 4.69) is 103 Å². The summed E-state index contributed by atoms with van der Waals surface area (Å²) in [5, 5.41) is 11.7. The summed E-state index contributed by atoms with van der Waals surface area (Å²) in [5.74, 6) is -1.29. The molecule has 272 valence electrons. The molecule has 0 aromatic heterocycles. The normalized spacial score (nSPS) is 15.6. The highest BCUT2D eigenvalue weighted by atomic mass is 16.4. The van der Waals surface area contributed by atoms with Gasteiger partial charge in [0.1, 0.15) is 0 Å². The van der Waals surface area contributed by atoms with E-state index >= 15 is 0 Å². The van der Waals surface area contributed by atoms with Crippen molar-refractivity contribution < 1.29 is 9.90 Å². The highest BCUT2D eigenvalue weighted by molar-refractivity contribution is 5.71. The minimum Gasteiger partial charge on any atom is -0.481 e. The molecule has 0 fully saturated rings. The topological polar surface area (TPSA) is 91.0 Å². The van der Waals surface area contributed by atoms with E-state index in [1.165, 1.54) is 22.3 Å². The van der Waals surface area contributed by atoms with Crippen LogP contribution in [-0.4, -0.2) is 55.0 Å². The standard InChI is InChI=1S/C32H43N3O2.C7H12.C2H7N.C2H6/c1-4-13-31(33)35(23-12-6-11-22-34-30-17-10-9-14-26(2)24-30)25-29-20-18-28(19-21-29)16-8-5-7-15-27(3)32(36)37;1-5-7(4)6(2)3;1-3-2;1-2/h5-10,12,14-15,17-22,24,27,30-31H,4,11,13,16,23,25,33H2,1-3H3,(H,36,37);5H,2H2,1,3-4H3;3H,1-2H3;1-2H3/b8-5-,12-6+,15-7-,34-22?;7-5-;;. The van der Waals surface area contributed by atoms with Crippen LogP contribution >= 0.6 is 0 Å². The molecule has 3 unspecified atom stereocenters. The fourth-order valence-electron chi connectivity index (χ4n) is 4.06. The molecule has 3 atom stereocenters. The van der Waals surface area contributed by atoms with E-state index in [1.54, 1.807) is 19.1 Å². The Kier molecular flexibility index (Phi) is 30.3. The molecule has 1 aliphatic carbocycles. The molecule has 6 heteroatoms. The molecule has 0 amide bonds. The van der Waals surface area contributed by atoms with Crippen molar-refractivity contribution in [2.24, 2.45) is 16.6 Å². The molecule has 4 N–H and O–H groups in total. The van der Waals surface area contributed by atoms with Gasteiger partial charge in [-0.05, 0) is 72.7 Å². The Bertz CT molecular complexity index is 1260. The van der Waals surface area contributed by atoms with Crippen LogP contribution in [0.5, 0.6) is 0 Å². The number of hydrogen-bond donors (Lipinski definition) is 3. The van der Waals surface area contributed by atoms with E-state index in [4.69, 9.17) is 10.8 Å². The second kappa shape index (κ2) is 31.4. The van der Waals surface area contributed by atoms with Gasteiger partial charge in [-0.15, -0.1) is 0 Å². The Hall–Kier alpha value is -3.84. The summed E-state index contributed by atoms with van der Waals surface area (Å²) in [4.78, 5) is 17.8. The molecule has 0 saturated heterocycles. The summed E-state index contributed by atoms with van der Waals surface area (Å²) in [6.07, 6.45) is 29.9. The molecule has 1 aromatic carbocycles.